The Labute approximate surface area is 71.8 Å². The molecule has 66 valence electrons. The largest absolute Gasteiger partial charge is 0.321 e. The average molecular weight is 166 g/mol. The van der Waals surface area contributed by atoms with Crippen molar-refractivity contribution in [1.82, 2.24) is 14.8 Å². The summed E-state index contributed by atoms with van der Waals surface area (Å²) in [5.41, 5.74) is 5.90. The molecule has 4 heteroatoms. The van der Waals surface area contributed by atoms with E-state index >= 15 is 0 Å². The summed E-state index contributed by atoms with van der Waals surface area (Å²) >= 11 is 0. The SMILES string of the molecule is Cc1nc2n(n1)C(C)CCC2N. The Bertz CT molecular complexity index is 264. The van der Waals surface area contributed by atoms with Gasteiger partial charge in [0, 0.05) is 0 Å². The summed E-state index contributed by atoms with van der Waals surface area (Å²) in [5.74, 6) is 1.78. The third-order valence-corrected chi connectivity index (χ3v) is 2.41. The van der Waals surface area contributed by atoms with Crippen molar-refractivity contribution in [2.45, 2.75) is 38.8 Å². The molecule has 0 radical (unpaired) electrons. The summed E-state index contributed by atoms with van der Waals surface area (Å²) in [7, 11) is 0. The van der Waals surface area contributed by atoms with Gasteiger partial charge in [0.2, 0.25) is 0 Å². The van der Waals surface area contributed by atoms with Crippen LogP contribution in [0.5, 0.6) is 0 Å². The van der Waals surface area contributed by atoms with E-state index in [0.717, 1.165) is 24.5 Å². The monoisotopic (exact) mass is 166 g/mol. The minimum Gasteiger partial charge on any atom is -0.321 e. The van der Waals surface area contributed by atoms with Gasteiger partial charge in [0.05, 0.1) is 12.1 Å². The molecule has 0 saturated carbocycles. The van der Waals surface area contributed by atoms with Crippen LogP contribution in [0.2, 0.25) is 0 Å². The van der Waals surface area contributed by atoms with E-state index in [1.807, 2.05) is 11.6 Å². The van der Waals surface area contributed by atoms with Crippen molar-refractivity contribution in [1.29, 1.82) is 0 Å². The molecule has 1 aromatic heterocycles. The van der Waals surface area contributed by atoms with Gasteiger partial charge in [-0.3, -0.25) is 0 Å². The number of nitrogens with two attached hydrogens (primary N) is 1. The molecule has 2 N–H and O–H groups in total. The van der Waals surface area contributed by atoms with Crippen LogP contribution >= 0.6 is 0 Å². The first-order valence-electron chi connectivity index (χ1n) is 4.37. The van der Waals surface area contributed by atoms with Crippen molar-refractivity contribution in [3.63, 3.8) is 0 Å². The molecule has 0 bridgehead atoms. The Balaban J connectivity index is 2.47. The van der Waals surface area contributed by atoms with Crippen LogP contribution < -0.4 is 5.73 Å². The highest BCUT2D eigenvalue weighted by molar-refractivity contribution is 5.01. The average Bonchev–Trinajstić information content (AvgIpc) is 2.41. The van der Waals surface area contributed by atoms with Gasteiger partial charge >= 0.3 is 0 Å². The minimum atomic E-state index is 0.0856. The molecular weight excluding hydrogens is 152 g/mol. The highest BCUT2D eigenvalue weighted by Crippen LogP contribution is 2.27. The summed E-state index contributed by atoms with van der Waals surface area (Å²) in [4.78, 5) is 4.31. The highest BCUT2D eigenvalue weighted by atomic mass is 15.4. The van der Waals surface area contributed by atoms with E-state index in [0.29, 0.717) is 6.04 Å². The smallest absolute Gasteiger partial charge is 0.147 e. The van der Waals surface area contributed by atoms with E-state index in [1.54, 1.807) is 0 Å². The molecule has 0 saturated heterocycles. The number of nitrogens with zero attached hydrogens (tertiary/aromatic N) is 3. The summed E-state index contributed by atoms with van der Waals surface area (Å²) < 4.78 is 1.96. The fourth-order valence-electron chi connectivity index (χ4n) is 1.70. The number of rotatable bonds is 0. The van der Waals surface area contributed by atoms with Gasteiger partial charge in [0.15, 0.2) is 0 Å². The molecule has 2 unspecified atom stereocenters. The Morgan fingerprint density at radius 1 is 1.50 bits per heavy atom. The van der Waals surface area contributed by atoms with Gasteiger partial charge in [-0.1, -0.05) is 0 Å². The molecule has 2 heterocycles. The van der Waals surface area contributed by atoms with E-state index in [1.165, 1.54) is 0 Å². The maximum absolute atomic E-state index is 5.90. The highest BCUT2D eigenvalue weighted by Gasteiger charge is 2.24. The molecule has 4 nitrogen and oxygen atoms in total. The normalized spacial score (nSPS) is 28.6. The second kappa shape index (κ2) is 2.55. The molecule has 0 amide bonds. The third kappa shape index (κ3) is 1.03. The first kappa shape index (κ1) is 7.73. The lowest BCUT2D eigenvalue weighted by atomic mass is 10.0. The number of fused-ring (bicyclic) bond motifs is 1. The molecule has 1 aromatic rings. The zero-order chi connectivity index (χ0) is 8.72. The van der Waals surface area contributed by atoms with Crippen molar-refractivity contribution >= 4 is 0 Å². The third-order valence-electron chi connectivity index (χ3n) is 2.41. The molecule has 2 atom stereocenters. The zero-order valence-corrected chi connectivity index (χ0v) is 7.49. The fraction of sp³-hybridized carbons (Fsp3) is 0.750. The van der Waals surface area contributed by atoms with Crippen LogP contribution in [0.4, 0.5) is 0 Å². The van der Waals surface area contributed by atoms with Crippen LogP contribution in [0.1, 0.15) is 43.5 Å². The summed E-state index contributed by atoms with van der Waals surface area (Å²) in [5, 5.41) is 4.31. The van der Waals surface area contributed by atoms with Crippen LogP contribution in [0.15, 0.2) is 0 Å². The van der Waals surface area contributed by atoms with Gasteiger partial charge in [-0.05, 0) is 26.7 Å². The van der Waals surface area contributed by atoms with Crippen LogP contribution in [-0.4, -0.2) is 14.8 Å². The van der Waals surface area contributed by atoms with Crippen LogP contribution in [0, 0.1) is 6.92 Å². The van der Waals surface area contributed by atoms with Crippen molar-refractivity contribution in [2.24, 2.45) is 5.73 Å². The van der Waals surface area contributed by atoms with Gasteiger partial charge < -0.3 is 5.73 Å². The minimum absolute atomic E-state index is 0.0856. The lowest BCUT2D eigenvalue weighted by Crippen LogP contribution is -2.25. The van der Waals surface area contributed by atoms with E-state index < -0.39 is 0 Å². The lowest BCUT2D eigenvalue weighted by Gasteiger charge is -2.23. The van der Waals surface area contributed by atoms with Crippen LogP contribution in [0.25, 0.3) is 0 Å². The molecular formula is C8H14N4. The lowest BCUT2D eigenvalue weighted by molar-refractivity contribution is 0.350. The van der Waals surface area contributed by atoms with Crippen molar-refractivity contribution in [3.05, 3.63) is 11.6 Å². The van der Waals surface area contributed by atoms with Gasteiger partial charge in [-0.15, -0.1) is 0 Å². The van der Waals surface area contributed by atoms with E-state index in [-0.39, 0.29) is 6.04 Å². The Morgan fingerprint density at radius 3 is 2.92 bits per heavy atom. The summed E-state index contributed by atoms with van der Waals surface area (Å²) in [6.45, 7) is 4.06. The zero-order valence-electron chi connectivity index (χ0n) is 7.49. The Kier molecular flexibility index (Phi) is 1.65. The molecule has 2 rings (SSSR count). The molecule has 0 aliphatic carbocycles. The van der Waals surface area contributed by atoms with Crippen molar-refractivity contribution in [3.8, 4) is 0 Å². The number of aryl methyl sites for hydroxylation is 1. The second-order valence-electron chi connectivity index (χ2n) is 3.49. The van der Waals surface area contributed by atoms with E-state index in [9.17, 15) is 0 Å². The van der Waals surface area contributed by atoms with Gasteiger partial charge in [-0.2, -0.15) is 5.10 Å². The maximum Gasteiger partial charge on any atom is 0.147 e. The van der Waals surface area contributed by atoms with Crippen molar-refractivity contribution < 1.29 is 0 Å². The number of hydrogen-bond donors (Lipinski definition) is 1. The predicted octanol–water partition coefficient (Wildman–Crippen LogP) is 0.941. The van der Waals surface area contributed by atoms with E-state index in [4.69, 9.17) is 5.73 Å². The van der Waals surface area contributed by atoms with Crippen LogP contribution in [0.3, 0.4) is 0 Å². The predicted molar refractivity (Wildman–Crippen MR) is 45.6 cm³/mol. The van der Waals surface area contributed by atoms with Crippen LogP contribution in [-0.2, 0) is 0 Å². The summed E-state index contributed by atoms with van der Waals surface area (Å²) in [6, 6.07) is 0.545. The van der Waals surface area contributed by atoms with Gasteiger partial charge in [-0.25, -0.2) is 9.67 Å². The number of aromatic nitrogens is 3. The van der Waals surface area contributed by atoms with Gasteiger partial charge in [0.25, 0.3) is 0 Å². The second-order valence-corrected chi connectivity index (χ2v) is 3.49. The maximum atomic E-state index is 5.90. The van der Waals surface area contributed by atoms with Gasteiger partial charge in [0.1, 0.15) is 11.6 Å². The molecule has 1 aliphatic rings. The topological polar surface area (TPSA) is 56.7 Å². The fourth-order valence-corrected chi connectivity index (χ4v) is 1.70. The molecule has 12 heavy (non-hydrogen) atoms. The molecule has 0 aromatic carbocycles. The number of hydrogen-bond acceptors (Lipinski definition) is 3. The molecule has 1 aliphatic heterocycles. The van der Waals surface area contributed by atoms with E-state index in [2.05, 4.69) is 17.0 Å². The molecule has 0 spiro atoms. The first-order valence-corrected chi connectivity index (χ1v) is 4.37. The molecule has 0 fully saturated rings. The summed E-state index contributed by atoms with van der Waals surface area (Å²) in [6.07, 6.45) is 2.14. The first-order chi connectivity index (χ1) is 5.68. The Hall–Kier alpha value is -0.900. The quantitative estimate of drug-likeness (QED) is 0.624. The standard InChI is InChI=1S/C8H14N4/c1-5-3-4-7(9)8-10-6(2)11-12(5)8/h5,7H,3-4,9H2,1-2H3. The Morgan fingerprint density at radius 2 is 2.25 bits per heavy atom. The van der Waals surface area contributed by atoms with Crippen molar-refractivity contribution in [2.75, 3.05) is 0 Å².